The van der Waals surface area contributed by atoms with Crippen LogP contribution in [0.1, 0.15) is 24.1 Å². The smallest absolute Gasteiger partial charge is 0.202 e. The Morgan fingerprint density at radius 3 is 2.57 bits per heavy atom. The summed E-state index contributed by atoms with van der Waals surface area (Å²) in [7, 11) is 0. The molecule has 1 fully saturated rings. The van der Waals surface area contributed by atoms with Crippen molar-refractivity contribution in [2.45, 2.75) is 13.0 Å². The SMILES string of the molecule is CCN1CCN2C1=Nc1ccccc1C2c1ccccc1. The van der Waals surface area contributed by atoms with Crippen molar-refractivity contribution in [2.24, 2.45) is 4.99 Å². The molecule has 2 aromatic rings. The molecule has 0 spiro atoms. The third-order valence-corrected chi connectivity index (χ3v) is 4.41. The molecule has 2 aliphatic heterocycles. The Kier molecular flexibility index (Phi) is 2.92. The fourth-order valence-corrected chi connectivity index (χ4v) is 3.38. The molecule has 0 radical (unpaired) electrons. The second kappa shape index (κ2) is 4.92. The van der Waals surface area contributed by atoms with Crippen molar-refractivity contribution in [3.05, 3.63) is 65.7 Å². The summed E-state index contributed by atoms with van der Waals surface area (Å²) < 4.78 is 0. The third-order valence-electron chi connectivity index (χ3n) is 4.41. The van der Waals surface area contributed by atoms with Gasteiger partial charge in [-0.2, -0.15) is 0 Å². The lowest BCUT2D eigenvalue weighted by atomic mass is 9.95. The molecule has 0 amide bonds. The molecule has 0 N–H and O–H groups in total. The van der Waals surface area contributed by atoms with Crippen molar-refractivity contribution in [1.29, 1.82) is 0 Å². The number of likely N-dealkylation sites (N-methyl/N-ethyl adjacent to an activating group) is 1. The highest BCUT2D eigenvalue weighted by molar-refractivity contribution is 5.88. The van der Waals surface area contributed by atoms with Gasteiger partial charge in [0.1, 0.15) is 0 Å². The summed E-state index contributed by atoms with van der Waals surface area (Å²) in [5.74, 6) is 1.13. The van der Waals surface area contributed by atoms with Crippen LogP contribution in [0.5, 0.6) is 0 Å². The standard InChI is InChI=1S/C18H19N3/c1-2-20-12-13-21-17(14-8-4-3-5-9-14)15-10-6-7-11-16(15)19-18(20)21/h3-11,17H,2,12-13H2,1H3. The van der Waals surface area contributed by atoms with Gasteiger partial charge in [-0.1, -0.05) is 48.5 Å². The number of fused-ring (bicyclic) bond motifs is 2. The third kappa shape index (κ3) is 1.92. The highest BCUT2D eigenvalue weighted by Gasteiger charge is 2.36. The fourth-order valence-electron chi connectivity index (χ4n) is 3.38. The number of hydrogen-bond donors (Lipinski definition) is 0. The van der Waals surface area contributed by atoms with Gasteiger partial charge in [-0.15, -0.1) is 0 Å². The fraction of sp³-hybridized carbons (Fsp3) is 0.278. The van der Waals surface area contributed by atoms with E-state index in [-0.39, 0.29) is 6.04 Å². The van der Waals surface area contributed by atoms with Crippen LogP contribution in [0.15, 0.2) is 59.6 Å². The van der Waals surface area contributed by atoms with E-state index in [0.29, 0.717) is 0 Å². The Bertz CT molecular complexity index is 678. The summed E-state index contributed by atoms with van der Waals surface area (Å²) in [5.41, 5.74) is 3.76. The van der Waals surface area contributed by atoms with Crippen molar-refractivity contribution in [3.63, 3.8) is 0 Å². The first-order valence-electron chi connectivity index (χ1n) is 7.62. The van der Waals surface area contributed by atoms with Crippen LogP contribution in [0.3, 0.4) is 0 Å². The van der Waals surface area contributed by atoms with Gasteiger partial charge >= 0.3 is 0 Å². The van der Waals surface area contributed by atoms with E-state index in [1.165, 1.54) is 11.1 Å². The largest absolute Gasteiger partial charge is 0.341 e. The van der Waals surface area contributed by atoms with Crippen LogP contribution in [0, 0.1) is 0 Å². The zero-order chi connectivity index (χ0) is 14.2. The molecule has 1 atom stereocenters. The quantitative estimate of drug-likeness (QED) is 0.837. The van der Waals surface area contributed by atoms with Gasteiger partial charge in [-0.25, -0.2) is 4.99 Å². The average molecular weight is 277 g/mol. The zero-order valence-corrected chi connectivity index (χ0v) is 12.2. The molecule has 3 nitrogen and oxygen atoms in total. The zero-order valence-electron chi connectivity index (χ0n) is 12.2. The number of guanidine groups is 1. The van der Waals surface area contributed by atoms with Crippen LogP contribution < -0.4 is 0 Å². The van der Waals surface area contributed by atoms with Gasteiger partial charge in [0.05, 0.1) is 11.7 Å². The molecule has 0 aliphatic carbocycles. The number of rotatable bonds is 2. The Morgan fingerprint density at radius 1 is 1.00 bits per heavy atom. The molecule has 1 unspecified atom stereocenters. The molecular weight excluding hydrogens is 258 g/mol. The van der Waals surface area contributed by atoms with E-state index in [2.05, 4.69) is 71.3 Å². The van der Waals surface area contributed by atoms with Gasteiger partial charge in [-0.3, -0.25) is 0 Å². The maximum atomic E-state index is 4.90. The molecule has 0 aromatic heterocycles. The topological polar surface area (TPSA) is 18.8 Å². The molecule has 0 saturated carbocycles. The van der Waals surface area contributed by atoms with E-state index in [1.807, 2.05) is 0 Å². The lowest BCUT2D eigenvalue weighted by molar-refractivity contribution is 0.386. The molecule has 1 saturated heterocycles. The van der Waals surface area contributed by atoms with Gasteiger partial charge in [0, 0.05) is 25.2 Å². The predicted octanol–water partition coefficient (Wildman–Crippen LogP) is 3.41. The predicted molar refractivity (Wildman–Crippen MR) is 85.8 cm³/mol. The summed E-state index contributed by atoms with van der Waals surface area (Å²) in [5, 5.41) is 0. The van der Waals surface area contributed by atoms with Gasteiger partial charge in [0.25, 0.3) is 0 Å². The van der Waals surface area contributed by atoms with Gasteiger partial charge in [-0.05, 0) is 18.6 Å². The first-order valence-corrected chi connectivity index (χ1v) is 7.62. The maximum Gasteiger partial charge on any atom is 0.202 e. The van der Waals surface area contributed by atoms with Crippen molar-refractivity contribution in [1.82, 2.24) is 9.80 Å². The second-order valence-electron chi connectivity index (χ2n) is 5.56. The first kappa shape index (κ1) is 12.5. The van der Waals surface area contributed by atoms with Crippen LogP contribution >= 0.6 is 0 Å². The molecule has 2 aliphatic rings. The summed E-state index contributed by atoms with van der Waals surface area (Å²) in [4.78, 5) is 9.72. The minimum Gasteiger partial charge on any atom is -0.341 e. The van der Waals surface area contributed by atoms with E-state index >= 15 is 0 Å². The first-order chi connectivity index (χ1) is 10.4. The Labute approximate surface area is 125 Å². The molecule has 2 aromatic carbocycles. The van der Waals surface area contributed by atoms with Crippen molar-refractivity contribution in [3.8, 4) is 0 Å². The highest BCUT2D eigenvalue weighted by atomic mass is 15.4. The van der Waals surface area contributed by atoms with Crippen molar-refractivity contribution >= 4 is 11.6 Å². The van der Waals surface area contributed by atoms with E-state index in [9.17, 15) is 0 Å². The van der Waals surface area contributed by atoms with Gasteiger partial charge in [0.2, 0.25) is 5.96 Å². The lowest BCUT2D eigenvalue weighted by Crippen LogP contribution is -2.38. The molecule has 106 valence electrons. The van der Waals surface area contributed by atoms with Crippen LogP contribution in [-0.2, 0) is 0 Å². The Hall–Kier alpha value is -2.29. The molecule has 2 heterocycles. The molecular formula is C18H19N3. The highest BCUT2D eigenvalue weighted by Crippen LogP contribution is 2.40. The lowest BCUT2D eigenvalue weighted by Gasteiger charge is -2.35. The van der Waals surface area contributed by atoms with E-state index in [4.69, 9.17) is 4.99 Å². The van der Waals surface area contributed by atoms with Crippen LogP contribution in [0.2, 0.25) is 0 Å². The minimum atomic E-state index is 0.284. The summed E-state index contributed by atoms with van der Waals surface area (Å²) in [6.45, 7) is 5.32. The van der Waals surface area contributed by atoms with E-state index in [0.717, 1.165) is 31.3 Å². The Morgan fingerprint density at radius 2 is 1.76 bits per heavy atom. The second-order valence-corrected chi connectivity index (χ2v) is 5.56. The van der Waals surface area contributed by atoms with Gasteiger partial charge < -0.3 is 9.80 Å². The van der Waals surface area contributed by atoms with E-state index < -0.39 is 0 Å². The molecule has 21 heavy (non-hydrogen) atoms. The monoisotopic (exact) mass is 277 g/mol. The van der Waals surface area contributed by atoms with Crippen LogP contribution in [-0.4, -0.2) is 35.4 Å². The van der Waals surface area contributed by atoms with E-state index in [1.54, 1.807) is 0 Å². The van der Waals surface area contributed by atoms with Gasteiger partial charge in [0.15, 0.2) is 0 Å². The van der Waals surface area contributed by atoms with Crippen molar-refractivity contribution < 1.29 is 0 Å². The molecule has 0 bridgehead atoms. The number of nitrogens with zero attached hydrogens (tertiary/aromatic N) is 3. The van der Waals surface area contributed by atoms with Crippen LogP contribution in [0.4, 0.5) is 5.69 Å². The summed E-state index contributed by atoms with van der Waals surface area (Å²) in [6.07, 6.45) is 0. The number of para-hydroxylation sites is 1. The van der Waals surface area contributed by atoms with Crippen molar-refractivity contribution in [2.75, 3.05) is 19.6 Å². The summed E-state index contributed by atoms with van der Waals surface area (Å²) in [6, 6.07) is 19.6. The Balaban J connectivity index is 1.88. The normalized spacial score (nSPS) is 20.0. The molecule has 3 heteroatoms. The average Bonchev–Trinajstić information content (AvgIpc) is 2.96. The number of hydrogen-bond acceptors (Lipinski definition) is 3. The summed E-state index contributed by atoms with van der Waals surface area (Å²) >= 11 is 0. The van der Waals surface area contributed by atoms with Crippen LogP contribution in [0.25, 0.3) is 0 Å². The minimum absolute atomic E-state index is 0.284. The molecule has 4 rings (SSSR count). The maximum absolute atomic E-state index is 4.90. The number of aliphatic imine (C=N–C) groups is 1. The number of benzene rings is 2.